The summed E-state index contributed by atoms with van der Waals surface area (Å²) in [6.45, 7) is 2.46. The number of carbonyl (C=O) groups is 1. The molecular weight excluding hydrogens is 445 g/mol. The fraction of sp³-hybridized carbons (Fsp3) is 0.312. The van der Waals surface area contributed by atoms with Gasteiger partial charge in [0.15, 0.2) is 0 Å². The van der Waals surface area contributed by atoms with E-state index in [1.807, 2.05) is 42.2 Å². The Morgan fingerprint density at radius 3 is 2.76 bits per heavy atom. The Bertz CT molecular complexity index is 679. The number of halogens is 2. The molecule has 0 spiro atoms. The summed E-state index contributed by atoms with van der Waals surface area (Å²) in [5.74, 6) is 1.79. The molecule has 1 aromatic carbocycles. The number of hydrogen-bond acceptors (Lipinski definition) is 2. The van der Waals surface area contributed by atoms with Crippen molar-refractivity contribution in [1.29, 1.82) is 0 Å². The van der Waals surface area contributed by atoms with E-state index in [0.29, 0.717) is 12.6 Å². The average Bonchev–Trinajstić information content (AvgIpc) is 3.21. The summed E-state index contributed by atoms with van der Waals surface area (Å²) >= 11 is 5.71. The predicted molar refractivity (Wildman–Crippen MR) is 93.2 cm³/mol. The zero-order valence-corrected chi connectivity index (χ0v) is 15.3. The van der Waals surface area contributed by atoms with Crippen LogP contribution in [0.5, 0.6) is 0 Å². The highest BCUT2D eigenvalue weighted by Gasteiger charge is 2.34. The van der Waals surface area contributed by atoms with Crippen LogP contribution in [0.25, 0.3) is 0 Å². The van der Waals surface area contributed by atoms with Gasteiger partial charge in [0.05, 0.1) is 12.1 Å². The van der Waals surface area contributed by atoms with Gasteiger partial charge >= 0.3 is 0 Å². The van der Waals surface area contributed by atoms with Crippen molar-refractivity contribution in [3.63, 3.8) is 0 Å². The third kappa shape index (κ3) is 3.51. The Morgan fingerprint density at radius 2 is 2.14 bits per heavy atom. The van der Waals surface area contributed by atoms with Crippen LogP contribution in [0.4, 0.5) is 0 Å². The zero-order valence-electron chi connectivity index (χ0n) is 11.6. The highest BCUT2D eigenvalue weighted by Crippen LogP contribution is 2.32. The minimum atomic E-state index is 0.0666. The van der Waals surface area contributed by atoms with Crippen LogP contribution in [0.1, 0.15) is 34.7 Å². The average molecular weight is 460 g/mol. The van der Waals surface area contributed by atoms with E-state index in [1.54, 1.807) is 0 Å². The highest BCUT2D eigenvalue weighted by molar-refractivity contribution is 14.1. The first-order valence-corrected chi connectivity index (χ1v) is 8.73. The molecule has 1 aliphatic carbocycles. The summed E-state index contributed by atoms with van der Waals surface area (Å²) in [6.07, 6.45) is 2.15. The minimum Gasteiger partial charge on any atom is -0.464 e. The quantitative estimate of drug-likeness (QED) is 0.617. The lowest BCUT2D eigenvalue weighted by atomic mass is 10.2. The first kappa shape index (κ1) is 15.1. The number of rotatable bonds is 4. The SMILES string of the molecule is Cc1ccc(CN(C(=O)c2cc(I)ccc2Br)C2CC2)o1. The maximum atomic E-state index is 12.9. The van der Waals surface area contributed by atoms with Crippen LogP contribution in [-0.4, -0.2) is 16.8 Å². The molecule has 110 valence electrons. The van der Waals surface area contributed by atoms with Gasteiger partial charge in [0.1, 0.15) is 11.5 Å². The van der Waals surface area contributed by atoms with E-state index in [0.717, 1.165) is 38.0 Å². The van der Waals surface area contributed by atoms with Crippen LogP contribution in [0.3, 0.4) is 0 Å². The molecule has 21 heavy (non-hydrogen) atoms. The highest BCUT2D eigenvalue weighted by atomic mass is 127. The van der Waals surface area contributed by atoms with Crippen LogP contribution >= 0.6 is 38.5 Å². The molecule has 0 atom stereocenters. The van der Waals surface area contributed by atoms with Crippen molar-refractivity contribution in [2.75, 3.05) is 0 Å². The van der Waals surface area contributed by atoms with Crippen molar-refractivity contribution >= 4 is 44.4 Å². The second-order valence-corrected chi connectivity index (χ2v) is 7.40. The first-order valence-electron chi connectivity index (χ1n) is 6.86. The maximum Gasteiger partial charge on any atom is 0.255 e. The second-order valence-electron chi connectivity index (χ2n) is 5.30. The molecule has 0 radical (unpaired) electrons. The molecule has 1 fully saturated rings. The van der Waals surface area contributed by atoms with E-state index >= 15 is 0 Å². The molecular formula is C16H15BrINO2. The lowest BCUT2D eigenvalue weighted by Gasteiger charge is -2.22. The molecule has 1 aliphatic rings. The van der Waals surface area contributed by atoms with Gasteiger partial charge in [-0.25, -0.2) is 0 Å². The molecule has 2 aromatic rings. The Kier molecular flexibility index (Phi) is 4.40. The number of benzene rings is 1. The number of nitrogens with zero attached hydrogens (tertiary/aromatic N) is 1. The fourth-order valence-electron chi connectivity index (χ4n) is 2.31. The molecule has 1 heterocycles. The van der Waals surface area contributed by atoms with Crippen LogP contribution in [0, 0.1) is 10.5 Å². The van der Waals surface area contributed by atoms with Crippen molar-refractivity contribution in [3.05, 3.63) is 55.5 Å². The van der Waals surface area contributed by atoms with Gasteiger partial charge in [0.25, 0.3) is 5.91 Å². The third-order valence-corrected chi connectivity index (χ3v) is 4.89. The van der Waals surface area contributed by atoms with E-state index in [1.165, 1.54) is 0 Å². The van der Waals surface area contributed by atoms with E-state index < -0.39 is 0 Å². The van der Waals surface area contributed by atoms with Gasteiger partial charge in [-0.2, -0.15) is 0 Å². The smallest absolute Gasteiger partial charge is 0.255 e. The second kappa shape index (κ2) is 6.12. The van der Waals surface area contributed by atoms with E-state index in [-0.39, 0.29) is 5.91 Å². The Labute approximate surface area is 146 Å². The molecule has 3 nitrogen and oxygen atoms in total. The summed E-state index contributed by atoms with van der Waals surface area (Å²) in [7, 11) is 0. The summed E-state index contributed by atoms with van der Waals surface area (Å²) in [4.78, 5) is 14.8. The van der Waals surface area contributed by atoms with Crippen molar-refractivity contribution in [1.82, 2.24) is 4.90 Å². The van der Waals surface area contributed by atoms with Gasteiger partial charge in [-0.05, 0) is 88.6 Å². The van der Waals surface area contributed by atoms with Gasteiger partial charge < -0.3 is 9.32 Å². The van der Waals surface area contributed by atoms with Gasteiger partial charge in [-0.1, -0.05) is 0 Å². The van der Waals surface area contributed by atoms with Crippen LogP contribution in [0.15, 0.2) is 39.2 Å². The molecule has 0 N–H and O–H groups in total. The molecule has 1 saturated carbocycles. The Hall–Kier alpha value is -0.820. The Morgan fingerprint density at radius 1 is 1.38 bits per heavy atom. The normalized spacial score (nSPS) is 14.2. The molecule has 1 aromatic heterocycles. The molecule has 0 bridgehead atoms. The van der Waals surface area contributed by atoms with Gasteiger partial charge in [-0.3, -0.25) is 4.79 Å². The molecule has 0 aliphatic heterocycles. The van der Waals surface area contributed by atoms with Crippen molar-refractivity contribution < 1.29 is 9.21 Å². The molecule has 1 amide bonds. The summed E-state index contributed by atoms with van der Waals surface area (Å²) in [6, 6.07) is 10.1. The largest absolute Gasteiger partial charge is 0.464 e. The lowest BCUT2D eigenvalue weighted by Crippen LogP contribution is -2.32. The van der Waals surface area contributed by atoms with Crippen molar-refractivity contribution in [2.24, 2.45) is 0 Å². The Balaban J connectivity index is 1.86. The topological polar surface area (TPSA) is 33.5 Å². The molecule has 3 rings (SSSR count). The van der Waals surface area contributed by atoms with Crippen LogP contribution in [0.2, 0.25) is 0 Å². The van der Waals surface area contributed by atoms with Crippen molar-refractivity contribution in [3.8, 4) is 0 Å². The zero-order chi connectivity index (χ0) is 15.0. The standard InChI is InChI=1S/C16H15BrINO2/c1-10-2-6-13(21-10)9-19(12-4-5-12)16(20)14-8-11(18)3-7-15(14)17/h2-3,6-8,12H,4-5,9H2,1H3. The van der Waals surface area contributed by atoms with Gasteiger partial charge in [-0.15, -0.1) is 0 Å². The molecule has 0 unspecified atom stereocenters. The number of hydrogen-bond donors (Lipinski definition) is 0. The number of aryl methyl sites for hydroxylation is 1. The predicted octanol–water partition coefficient (Wildman–Crippen LogP) is 4.76. The number of furan rings is 1. The summed E-state index contributed by atoms with van der Waals surface area (Å²) in [5.41, 5.74) is 0.720. The molecule has 0 saturated heterocycles. The summed E-state index contributed by atoms with van der Waals surface area (Å²) < 4.78 is 7.53. The fourth-order valence-corrected chi connectivity index (χ4v) is 3.21. The summed E-state index contributed by atoms with van der Waals surface area (Å²) in [5, 5.41) is 0. The maximum absolute atomic E-state index is 12.9. The monoisotopic (exact) mass is 459 g/mol. The lowest BCUT2D eigenvalue weighted by molar-refractivity contribution is 0.0716. The van der Waals surface area contributed by atoms with Crippen molar-refractivity contribution in [2.45, 2.75) is 32.4 Å². The number of carbonyl (C=O) groups excluding carboxylic acids is 1. The first-order chi connectivity index (χ1) is 10.0. The van der Waals surface area contributed by atoms with Crippen LogP contribution in [-0.2, 0) is 6.54 Å². The van der Waals surface area contributed by atoms with Gasteiger partial charge in [0, 0.05) is 14.1 Å². The van der Waals surface area contributed by atoms with Gasteiger partial charge in [0.2, 0.25) is 0 Å². The van der Waals surface area contributed by atoms with Crippen LogP contribution < -0.4 is 0 Å². The minimum absolute atomic E-state index is 0.0666. The number of amides is 1. The van der Waals surface area contributed by atoms with E-state index in [2.05, 4.69) is 38.5 Å². The molecule has 5 heteroatoms. The third-order valence-electron chi connectivity index (χ3n) is 3.53. The van der Waals surface area contributed by atoms with E-state index in [9.17, 15) is 4.79 Å². The van der Waals surface area contributed by atoms with E-state index in [4.69, 9.17) is 4.42 Å².